The van der Waals surface area contributed by atoms with Crippen LogP contribution in [0.4, 0.5) is 0 Å². The molecule has 0 radical (unpaired) electrons. The summed E-state index contributed by atoms with van der Waals surface area (Å²) in [6.45, 7) is 4.06. The molecule has 0 unspecified atom stereocenters. The van der Waals surface area contributed by atoms with Crippen molar-refractivity contribution in [3.05, 3.63) is 47.0 Å². The number of nitrogens with zero attached hydrogens (tertiary/aromatic N) is 2. The minimum Gasteiger partial charge on any atom is -0.487 e. The summed E-state index contributed by atoms with van der Waals surface area (Å²) in [5.74, 6) is -0.353. The molecule has 6 heteroatoms. The van der Waals surface area contributed by atoms with E-state index >= 15 is 0 Å². The summed E-state index contributed by atoms with van der Waals surface area (Å²) in [6.07, 6.45) is 1.53. The molecule has 0 amide bonds. The first-order valence-electron chi connectivity index (χ1n) is 6.17. The lowest BCUT2D eigenvalue weighted by Crippen LogP contribution is -2.15. The Balaban J connectivity index is 2.17. The van der Waals surface area contributed by atoms with Crippen molar-refractivity contribution < 1.29 is 14.6 Å². The highest BCUT2D eigenvalue weighted by molar-refractivity contribution is 6.30. The Bertz CT molecular complexity index is 605. The third kappa shape index (κ3) is 3.11. The summed E-state index contributed by atoms with van der Waals surface area (Å²) in [5.41, 5.74) is 0.715. The largest absolute Gasteiger partial charge is 0.487 e. The summed E-state index contributed by atoms with van der Waals surface area (Å²) in [4.78, 5) is 15.0. The van der Waals surface area contributed by atoms with Gasteiger partial charge < -0.3 is 14.4 Å². The second-order valence-corrected chi connectivity index (χ2v) is 5.02. The number of aromatic nitrogens is 2. The highest BCUT2D eigenvalue weighted by Gasteiger charge is 2.18. The van der Waals surface area contributed by atoms with Crippen molar-refractivity contribution in [1.29, 1.82) is 0 Å². The Morgan fingerprint density at radius 1 is 1.40 bits per heavy atom. The molecular weight excluding hydrogens is 280 g/mol. The Morgan fingerprint density at radius 2 is 2.05 bits per heavy atom. The Morgan fingerprint density at radius 3 is 2.60 bits per heavy atom. The predicted molar refractivity (Wildman–Crippen MR) is 75.4 cm³/mol. The van der Waals surface area contributed by atoms with Gasteiger partial charge in [-0.25, -0.2) is 9.78 Å². The van der Waals surface area contributed by atoms with Crippen molar-refractivity contribution in [2.24, 2.45) is 0 Å². The number of hydrogen-bond donors (Lipinski definition) is 1. The van der Waals surface area contributed by atoms with Crippen molar-refractivity contribution in [2.75, 3.05) is 0 Å². The van der Waals surface area contributed by atoms with Crippen LogP contribution in [-0.4, -0.2) is 20.6 Å². The highest BCUT2D eigenvalue weighted by atomic mass is 35.5. The van der Waals surface area contributed by atoms with Crippen LogP contribution in [0.15, 0.2) is 30.5 Å². The maximum Gasteiger partial charge on any atom is 0.372 e. The number of imidazole rings is 1. The van der Waals surface area contributed by atoms with Gasteiger partial charge in [-0.3, -0.25) is 0 Å². The van der Waals surface area contributed by atoms with Gasteiger partial charge >= 0.3 is 5.97 Å². The van der Waals surface area contributed by atoms with Crippen LogP contribution in [0.1, 0.15) is 36.2 Å². The highest BCUT2D eigenvalue weighted by Crippen LogP contribution is 2.19. The number of benzene rings is 1. The van der Waals surface area contributed by atoms with Gasteiger partial charge in [-0.15, -0.1) is 0 Å². The second-order valence-electron chi connectivity index (χ2n) is 4.58. The van der Waals surface area contributed by atoms with Gasteiger partial charge in [0.2, 0.25) is 5.82 Å². The van der Waals surface area contributed by atoms with E-state index in [1.54, 1.807) is 28.8 Å². The van der Waals surface area contributed by atoms with Gasteiger partial charge in [-0.2, -0.15) is 0 Å². The van der Waals surface area contributed by atoms with E-state index in [9.17, 15) is 4.79 Å². The SMILES string of the molecule is CC(C)n1c(COc2ccc(Cl)cc2)cnc1C(=O)O. The first-order valence-corrected chi connectivity index (χ1v) is 6.54. The molecule has 0 aliphatic rings. The van der Waals surface area contributed by atoms with Gasteiger partial charge in [0.25, 0.3) is 0 Å². The zero-order valence-corrected chi connectivity index (χ0v) is 12.0. The Labute approximate surface area is 121 Å². The minimum atomic E-state index is -1.04. The first-order chi connectivity index (χ1) is 9.49. The summed E-state index contributed by atoms with van der Waals surface area (Å²) in [5, 5.41) is 9.74. The quantitative estimate of drug-likeness (QED) is 0.918. The Kier molecular flexibility index (Phi) is 4.29. The fourth-order valence-electron chi connectivity index (χ4n) is 1.93. The molecule has 5 nitrogen and oxygen atoms in total. The predicted octanol–water partition coefficient (Wildman–Crippen LogP) is 3.39. The lowest BCUT2D eigenvalue weighted by Gasteiger charge is -2.14. The van der Waals surface area contributed by atoms with Crippen molar-refractivity contribution in [1.82, 2.24) is 9.55 Å². The van der Waals surface area contributed by atoms with E-state index in [0.717, 1.165) is 0 Å². The van der Waals surface area contributed by atoms with E-state index in [1.807, 2.05) is 13.8 Å². The number of ether oxygens (including phenoxy) is 1. The van der Waals surface area contributed by atoms with E-state index < -0.39 is 5.97 Å². The zero-order chi connectivity index (χ0) is 14.7. The minimum absolute atomic E-state index is 0.00702. The molecule has 0 aliphatic heterocycles. The molecule has 0 saturated carbocycles. The van der Waals surface area contributed by atoms with E-state index in [4.69, 9.17) is 21.4 Å². The van der Waals surface area contributed by atoms with Crippen LogP contribution in [0.2, 0.25) is 5.02 Å². The lowest BCUT2D eigenvalue weighted by atomic mass is 10.3. The topological polar surface area (TPSA) is 64.4 Å². The summed E-state index contributed by atoms with van der Waals surface area (Å²) in [7, 11) is 0. The van der Waals surface area contributed by atoms with Crippen LogP contribution < -0.4 is 4.74 Å². The molecule has 0 saturated heterocycles. The molecule has 0 aliphatic carbocycles. The van der Waals surface area contributed by atoms with Crippen molar-refractivity contribution in [3.63, 3.8) is 0 Å². The third-order valence-electron chi connectivity index (χ3n) is 2.78. The fourth-order valence-corrected chi connectivity index (χ4v) is 2.05. The summed E-state index contributed by atoms with van der Waals surface area (Å²) >= 11 is 5.80. The van der Waals surface area contributed by atoms with Crippen LogP contribution in [0.5, 0.6) is 5.75 Å². The van der Waals surface area contributed by atoms with Crippen LogP contribution in [0.25, 0.3) is 0 Å². The number of aromatic carboxylic acids is 1. The number of carboxylic acid groups (broad SMARTS) is 1. The maximum absolute atomic E-state index is 11.1. The smallest absolute Gasteiger partial charge is 0.372 e. The number of carbonyl (C=O) groups is 1. The monoisotopic (exact) mass is 294 g/mol. The van der Waals surface area contributed by atoms with E-state index in [1.165, 1.54) is 6.20 Å². The molecule has 20 heavy (non-hydrogen) atoms. The molecule has 0 fully saturated rings. The van der Waals surface area contributed by atoms with E-state index in [-0.39, 0.29) is 18.5 Å². The molecule has 0 atom stereocenters. The number of hydrogen-bond acceptors (Lipinski definition) is 3. The van der Waals surface area contributed by atoms with E-state index in [0.29, 0.717) is 16.5 Å². The van der Waals surface area contributed by atoms with Crippen LogP contribution in [0.3, 0.4) is 0 Å². The van der Waals surface area contributed by atoms with Gasteiger partial charge in [-0.1, -0.05) is 11.6 Å². The zero-order valence-electron chi connectivity index (χ0n) is 11.2. The van der Waals surface area contributed by atoms with Gasteiger partial charge in [0, 0.05) is 11.1 Å². The molecule has 1 N–H and O–H groups in total. The molecule has 0 spiro atoms. The molecular formula is C14H15ClN2O3. The van der Waals surface area contributed by atoms with E-state index in [2.05, 4.69) is 4.98 Å². The van der Waals surface area contributed by atoms with Crippen molar-refractivity contribution in [3.8, 4) is 5.75 Å². The van der Waals surface area contributed by atoms with Gasteiger partial charge in [0.15, 0.2) is 0 Å². The maximum atomic E-state index is 11.1. The van der Waals surface area contributed by atoms with Crippen LogP contribution in [0, 0.1) is 0 Å². The average molecular weight is 295 g/mol. The molecule has 2 rings (SSSR count). The lowest BCUT2D eigenvalue weighted by molar-refractivity contribution is 0.0675. The molecule has 1 aromatic carbocycles. The van der Waals surface area contributed by atoms with Crippen LogP contribution >= 0.6 is 11.6 Å². The number of carboxylic acids is 1. The molecule has 1 heterocycles. The Hall–Kier alpha value is -2.01. The molecule has 0 bridgehead atoms. The fraction of sp³-hybridized carbons (Fsp3) is 0.286. The van der Waals surface area contributed by atoms with Gasteiger partial charge in [0.05, 0.1) is 11.9 Å². The van der Waals surface area contributed by atoms with Crippen molar-refractivity contribution >= 4 is 17.6 Å². The average Bonchev–Trinajstić information content (AvgIpc) is 2.82. The number of halogens is 1. The van der Waals surface area contributed by atoms with Crippen LogP contribution in [-0.2, 0) is 6.61 Å². The number of rotatable bonds is 5. The first kappa shape index (κ1) is 14.4. The summed E-state index contributed by atoms with van der Waals surface area (Å²) < 4.78 is 7.27. The second kappa shape index (κ2) is 5.96. The van der Waals surface area contributed by atoms with Crippen molar-refractivity contribution in [2.45, 2.75) is 26.5 Å². The normalized spacial score (nSPS) is 10.8. The third-order valence-corrected chi connectivity index (χ3v) is 3.03. The molecule has 106 valence electrons. The molecule has 2 aromatic rings. The molecule has 1 aromatic heterocycles. The summed E-state index contributed by atoms with van der Waals surface area (Å²) in [6, 6.07) is 6.98. The van der Waals surface area contributed by atoms with Gasteiger partial charge in [0.1, 0.15) is 12.4 Å². The standard InChI is InChI=1S/C14H15ClN2O3/c1-9(2)17-11(7-16-13(17)14(18)19)8-20-12-5-3-10(15)4-6-12/h3-7,9H,8H2,1-2H3,(H,18,19). The van der Waals surface area contributed by atoms with Gasteiger partial charge in [-0.05, 0) is 38.1 Å².